The van der Waals surface area contributed by atoms with Gasteiger partial charge in [0, 0.05) is 23.8 Å². The Balaban J connectivity index is 2.12. The molecule has 2 rings (SSSR count). The third-order valence-corrected chi connectivity index (χ3v) is 4.69. The second-order valence-electron chi connectivity index (χ2n) is 6.44. The first-order valence-corrected chi connectivity index (χ1v) is 8.18. The maximum Gasteiger partial charge on any atom is 0.251 e. The summed E-state index contributed by atoms with van der Waals surface area (Å²) < 4.78 is 0. The van der Waals surface area contributed by atoms with Crippen LogP contribution in [0.15, 0.2) is 18.2 Å². The number of carbonyl (C=O) groups is 1. The molecular weight excluding hydrogens is 260 g/mol. The Kier molecular flexibility index (Phi) is 5.27. The molecule has 0 heterocycles. The summed E-state index contributed by atoms with van der Waals surface area (Å²) in [5.41, 5.74) is 3.04. The molecule has 1 aromatic rings. The van der Waals surface area contributed by atoms with Crippen LogP contribution >= 0.6 is 0 Å². The Bertz CT molecular complexity index is 488. The summed E-state index contributed by atoms with van der Waals surface area (Å²) in [6.07, 6.45) is 3.95. The number of rotatable bonds is 4. The van der Waals surface area contributed by atoms with Crippen LogP contribution in [0.25, 0.3) is 0 Å². The molecule has 3 nitrogen and oxygen atoms in total. The van der Waals surface area contributed by atoms with E-state index >= 15 is 0 Å². The molecule has 2 unspecified atom stereocenters. The topological polar surface area (TPSA) is 41.1 Å². The van der Waals surface area contributed by atoms with Gasteiger partial charge in [0.15, 0.2) is 0 Å². The van der Waals surface area contributed by atoms with Crippen LogP contribution in [0.1, 0.15) is 56.0 Å². The van der Waals surface area contributed by atoms with Crippen LogP contribution in [-0.4, -0.2) is 18.5 Å². The molecule has 0 spiro atoms. The number of anilines is 1. The van der Waals surface area contributed by atoms with Gasteiger partial charge in [0.1, 0.15) is 0 Å². The molecule has 1 aromatic carbocycles. The molecular formula is C18H28N2O. The average Bonchev–Trinajstić information content (AvgIpc) is 2.44. The van der Waals surface area contributed by atoms with E-state index in [0.29, 0.717) is 24.4 Å². The Morgan fingerprint density at radius 3 is 2.48 bits per heavy atom. The SMILES string of the molecule is CCNC(=O)c1ccc(NC2C(C)CCCC2C)c(C)c1. The van der Waals surface area contributed by atoms with Crippen LogP contribution in [0.3, 0.4) is 0 Å². The van der Waals surface area contributed by atoms with Crippen molar-refractivity contribution in [1.82, 2.24) is 5.32 Å². The van der Waals surface area contributed by atoms with E-state index in [-0.39, 0.29) is 5.91 Å². The Labute approximate surface area is 128 Å². The second-order valence-corrected chi connectivity index (χ2v) is 6.44. The second kappa shape index (κ2) is 6.97. The van der Waals surface area contributed by atoms with E-state index in [1.165, 1.54) is 19.3 Å². The number of carbonyl (C=O) groups excluding carboxylic acids is 1. The molecule has 116 valence electrons. The predicted molar refractivity (Wildman–Crippen MR) is 88.8 cm³/mol. The number of hydrogen-bond acceptors (Lipinski definition) is 2. The van der Waals surface area contributed by atoms with E-state index in [1.807, 2.05) is 25.1 Å². The van der Waals surface area contributed by atoms with E-state index < -0.39 is 0 Å². The molecule has 1 amide bonds. The largest absolute Gasteiger partial charge is 0.382 e. The van der Waals surface area contributed by atoms with Gasteiger partial charge >= 0.3 is 0 Å². The van der Waals surface area contributed by atoms with Gasteiger partial charge in [-0.25, -0.2) is 0 Å². The van der Waals surface area contributed by atoms with Crippen LogP contribution < -0.4 is 10.6 Å². The summed E-state index contributed by atoms with van der Waals surface area (Å²) >= 11 is 0. The molecule has 0 saturated heterocycles. The third kappa shape index (κ3) is 3.78. The van der Waals surface area contributed by atoms with Crippen molar-refractivity contribution in [3.8, 4) is 0 Å². The van der Waals surface area contributed by atoms with Gasteiger partial charge in [-0.3, -0.25) is 4.79 Å². The molecule has 0 bridgehead atoms. The minimum absolute atomic E-state index is 0.00607. The van der Waals surface area contributed by atoms with Gasteiger partial charge in [-0.1, -0.05) is 20.3 Å². The smallest absolute Gasteiger partial charge is 0.251 e. The van der Waals surface area contributed by atoms with E-state index in [2.05, 4.69) is 31.4 Å². The Hall–Kier alpha value is -1.51. The lowest BCUT2D eigenvalue weighted by molar-refractivity contribution is 0.0956. The van der Waals surface area contributed by atoms with Crippen LogP contribution in [0, 0.1) is 18.8 Å². The van der Waals surface area contributed by atoms with Gasteiger partial charge in [-0.2, -0.15) is 0 Å². The standard InChI is InChI=1S/C18H28N2O/c1-5-19-18(21)15-9-10-16(14(4)11-15)20-17-12(2)7-6-8-13(17)3/h9-13,17,20H,5-8H2,1-4H3,(H,19,21). The normalized spacial score (nSPS) is 25.4. The summed E-state index contributed by atoms with van der Waals surface area (Å²) in [6.45, 7) is 9.35. The molecule has 2 atom stereocenters. The highest BCUT2D eigenvalue weighted by Crippen LogP contribution is 2.32. The average molecular weight is 288 g/mol. The first-order chi connectivity index (χ1) is 10.0. The highest BCUT2D eigenvalue weighted by molar-refractivity contribution is 5.94. The van der Waals surface area contributed by atoms with Crippen LogP contribution in [0.2, 0.25) is 0 Å². The highest BCUT2D eigenvalue weighted by Gasteiger charge is 2.27. The minimum atomic E-state index is 0.00607. The lowest BCUT2D eigenvalue weighted by atomic mass is 9.78. The van der Waals surface area contributed by atoms with E-state index in [4.69, 9.17) is 0 Å². The maximum absolute atomic E-state index is 11.9. The first kappa shape index (κ1) is 15.9. The van der Waals surface area contributed by atoms with Crippen molar-refractivity contribution in [2.24, 2.45) is 11.8 Å². The quantitative estimate of drug-likeness (QED) is 0.880. The van der Waals surface area contributed by atoms with Crippen LogP contribution in [0.4, 0.5) is 5.69 Å². The summed E-state index contributed by atoms with van der Waals surface area (Å²) in [4.78, 5) is 11.9. The predicted octanol–water partition coefficient (Wildman–Crippen LogP) is 3.98. The molecule has 0 aliphatic heterocycles. The summed E-state index contributed by atoms with van der Waals surface area (Å²) in [7, 11) is 0. The number of benzene rings is 1. The van der Waals surface area contributed by atoms with Crippen molar-refractivity contribution < 1.29 is 4.79 Å². The molecule has 21 heavy (non-hydrogen) atoms. The fraction of sp³-hybridized carbons (Fsp3) is 0.611. The number of hydrogen-bond donors (Lipinski definition) is 2. The van der Waals surface area contributed by atoms with Crippen molar-refractivity contribution in [1.29, 1.82) is 0 Å². The maximum atomic E-state index is 11.9. The van der Waals surface area contributed by atoms with Crippen molar-refractivity contribution in [3.63, 3.8) is 0 Å². The van der Waals surface area contributed by atoms with Crippen molar-refractivity contribution >= 4 is 11.6 Å². The minimum Gasteiger partial charge on any atom is -0.382 e. The van der Waals surface area contributed by atoms with Gasteiger partial charge in [0.2, 0.25) is 0 Å². The molecule has 1 saturated carbocycles. The monoisotopic (exact) mass is 288 g/mol. The molecule has 1 aliphatic rings. The van der Waals surface area contributed by atoms with Crippen LogP contribution in [0.5, 0.6) is 0 Å². The summed E-state index contributed by atoms with van der Waals surface area (Å²) in [5.74, 6) is 1.42. The van der Waals surface area contributed by atoms with Crippen molar-refractivity contribution in [2.45, 2.75) is 53.0 Å². The van der Waals surface area contributed by atoms with Gasteiger partial charge in [0.05, 0.1) is 0 Å². The molecule has 1 fully saturated rings. The zero-order valence-corrected chi connectivity index (χ0v) is 13.7. The Morgan fingerprint density at radius 1 is 1.24 bits per heavy atom. The zero-order valence-electron chi connectivity index (χ0n) is 13.7. The van der Waals surface area contributed by atoms with Crippen molar-refractivity contribution in [2.75, 3.05) is 11.9 Å². The number of nitrogens with one attached hydrogen (secondary N) is 2. The Morgan fingerprint density at radius 2 is 1.90 bits per heavy atom. The molecule has 0 radical (unpaired) electrons. The molecule has 3 heteroatoms. The van der Waals surface area contributed by atoms with Crippen molar-refractivity contribution in [3.05, 3.63) is 29.3 Å². The van der Waals surface area contributed by atoms with E-state index in [9.17, 15) is 4.79 Å². The summed E-state index contributed by atoms with van der Waals surface area (Å²) in [6, 6.07) is 6.48. The highest BCUT2D eigenvalue weighted by atomic mass is 16.1. The fourth-order valence-electron chi connectivity index (χ4n) is 3.38. The van der Waals surface area contributed by atoms with Gasteiger partial charge < -0.3 is 10.6 Å². The van der Waals surface area contributed by atoms with Crippen LogP contribution in [-0.2, 0) is 0 Å². The van der Waals surface area contributed by atoms with E-state index in [1.54, 1.807) is 0 Å². The lowest BCUT2D eigenvalue weighted by Crippen LogP contribution is -2.37. The number of amides is 1. The zero-order chi connectivity index (χ0) is 15.4. The van der Waals surface area contributed by atoms with E-state index in [0.717, 1.165) is 16.8 Å². The molecule has 0 aromatic heterocycles. The lowest BCUT2D eigenvalue weighted by Gasteiger charge is -2.36. The fourth-order valence-corrected chi connectivity index (χ4v) is 3.38. The van der Waals surface area contributed by atoms with Gasteiger partial charge in [0.25, 0.3) is 5.91 Å². The summed E-state index contributed by atoms with van der Waals surface area (Å²) in [5, 5.41) is 6.56. The molecule has 2 N–H and O–H groups in total. The third-order valence-electron chi connectivity index (χ3n) is 4.69. The molecule has 1 aliphatic carbocycles. The van der Waals surface area contributed by atoms with Gasteiger partial charge in [-0.05, 0) is 62.3 Å². The number of aryl methyl sites for hydroxylation is 1. The first-order valence-electron chi connectivity index (χ1n) is 8.18. The van der Waals surface area contributed by atoms with Gasteiger partial charge in [-0.15, -0.1) is 0 Å².